The summed E-state index contributed by atoms with van der Waals surface area (Å²) < 4.78 is 12.0. The van der Waals surface area contributed by atoms with Crippen molar-refractivity contribution in [1.82, 2.24) is 0 Å². The van der Waals surface area contributed by atoms with Crippen molar-refractivity contribution in [2.45, 2.75) is 6.42 Å². The Morgan fingerprint density at radius 1 is 0.897 bits per heavy atom. The lowest BCUT2D eigenvalue weighted by atomic mass is 10.1. The van der Waals surface area contributed by atoms with Gasteiger partial charge in [0.1, 0.15) is 0 Å². The normalized spacial score (nSPS) is 17.3. The fourth-order valence-corrected chi connectivity index (χ4v) is 3.96. The molecule has 0 aromatic heterocycles. The van der Waals surface area contributed by atoms with Crippen LogP contribution in [0.25, 0.3) is 0 Å². The Hall–Kier alpha value is -2.09. The van der Waals surface area contributed by atoms with E-state index in [1.807, 2.05) is 30.3 Å². The van der Waals surface area contributed by atoms with Gasteiger partial charge in [0.2, 0.25) is 5.91 Å². The van der Waals surface area contributed by atoms with Crippen LogP contribution in [0.4, 0.5) is 17.1 Å². The number of morpholine rings is 2. The highest BCUT2D eigenvalue weighted by Crippen LogP contribution is 2.32. The zero-order valence-electron chi connectivity index (χ0n) is 16.4. The van der Waals surface area contributed by atoms with Gasteiger partial charge in [-0.25, -0.2) is 0 Å². The van der Waals surface area contributed by atoms with Crippen LogP contribution in [0.1, 0.15) is 5.56 Å². The van der Waals surface area contributed by atoms with Gasteiger partial charge in [-0.3, -0.25) is 4.79 Å². The van der Waals surface area contributed by atoms with Crippen molar-refractivity contribution in [1.29, 1.82) is 0 Å². The predicted molar refractivity (Wildman–Crippen MR) is 119 cm³/mol. The second-order valence-electron chi connectivity index (χ2n) is 7.25. The maximum atomic E-state index is 12.7. The van der Waals surface area contributed by atoms with Crippen molar-refractivity contribution in [3.8, 4) is 0 Å². The summed E-state index contributed by atoms with van der Waals surface area (Å²) in [6.45, 7) is 6.32. The van der Waals surface area contributed by atoms with E-state index in [2.05, 4.69) is 43.2 Å². The number of anilines is 3. The molecule has 1 amide bonds. The first-order valence-electron chi connectivity index (χ1n) is 10.0. The number of amides is 1. The molecule has 0 saturated carbocycles. The molecule has 0 bridgehead atoms. The number of hydrogen-bond donors (Lipinski definition) is 1. The van der Waals surface area contributed by atoms with Crippen LogP contribution in [0.5, 0.6) is 0 Å². The molecule has 1 N–H and O–H groups in total. The number of nitrogens with zero attached hydrogens (tertiary/aromatic N) is 2. The summed E-state index contributed by atoms with van der Waals surface area (Å²) in [6, 6.07) is 14.1. The lowest BCUT2D eigenvalue weighted by Gasteiger charge is -2.33. The molecule has 0 atom stereocenters. The molecule has 29 heavy (non-hydrogen) atoms. The Kier molecular flexibility index (Phi) is 6.69. The molecule has 0 spiro atoms. The van der Waals surface area contributed by atoms with Crippen molar-refractivity contribution in [2.24, 2.45) is 0 Å². The monoisotopic (exact) mass is 459 g/mol. The summed E-state index contributed by atoms with van der Waals surface area (Å²) in [6.07, 6.45) is 0.348. The van der Waals surface area contributed by atoms with Crippen molar-refractivity contribution >= 4 is 38.9 Å². The van der Waals surface area contributed by atoms with Crippen LogP contribution in [0.2, 0.25) is 0 Å². The SMILES string of the molecule is O=C(Cc1ccc(Br)cc1)Nc1ccc(N2CCOCC2)cc1N1CCOCC1. The number of carbonyl (C=O) groups excluding carboxylic acids is 1. The van der Waals surface area contributed by atoms with Gasteiger partial charge in [0.15, 0.2) is 0 Å². The quantitative estimate of drug-likeness (QED) is 0.743. The minimum Gasteiger partial charge on any atom is -0.378 e. The smallest absolute Gasteiger partial charge is 0.228 e. The second-order valence-corrected chi connectivity index (χ2v) is 8.17. The van der Waals surface area contributed by atoms with Gasteiger partial charge in [0, 0.05) is 36.3 Å². The van der Waals surface area contributed by atoms with E-state index in [-0.39, 0.29) is 5.91 Å². The van der Waals surface area contributed by atoms with Crippen molar-refractivity contribution in [3.05, 3.63) is 52.5 Å². The highest BCUT2D eigenvalue weighted by Gasteiger charge is 2.19. The Morgan fingerprint density at radius 2 is 1.52 bits per heavy atom. The number of halogens is 1. The summed E-state index contributed by atoms with van der Waals surface area (Å²) in [5.41, 5.74) is 4.07. The third-order valence-corrected chi connectivity index (χ3v) is 5.79. The van der Waals surface area contributed by atoms with Gasteiger partial charge < -0.3 is 24.6 Å². The first-order valence-corrected chi connectivity index (χ1v) is 10.8. The molecule has 4 rings (SSSR count). The predicted octanol–water partition coefficient (Wildman–Crippen LogP) is 3.30. The van der Waals surface area contributed by atoms with Crippen LogP contribution in [-0.4, -0.2) is 58.5 Å². The van der Waals surface area contributed by atoms with E-state index < -0.39 is 0 Å². The Labute approximate surface area is 179 Å². The molecular weight excluding hydrogens is 434 g/mol. The molecule has 6 nitrogen and oxygen atoms in total. The standard InChI is InChI=1S/C22H26BrN3O3/c23-18-3-1-17(2-4-18)15-22(27)24-20-6-5-19(25-7-11-28-12-8-25)16-21(20)26-9-13-29-14-10-26/h1-6,16H,7-15H2,(H,24,27). The number of rotatable bonds is 5. The van der Waals surface area contributed by atoms with Crippen LogP contribution in [0.15, 0.2) is 46.9 Å². The number of nitrogens with one attached hydrogen (secondary N) is 1. The zero-order valence-corrected chi connectivity index (χ0v) is 18.0. The van der Waals surface area contributed by atoms with Crippen LogP contribution in [-0.2, 0) is 20.7 Å². The molecule has 2 heterocycles. The fourth-order valence-electron chi connectivity index (χ4n) is 3.69. The Balaban J connectivity index is 1.53. The van der Waals surface area contributed by atoms with E-state index in [1.54, 1.807) is 0 Å². The summed E-state index contributed by atoms with van der Waals surface area (Å²) >= 11 is 3.43. The van der Waals surface area contributed by atoms with Crippen molar-refractivity contribution < 1.29 is 14.3 Å². The van der Waals surface area contributed by atoms with Crippen LogP contribution < -0.4 is 15.1 Å². The fraction of sp³-hybridized carbons (Fsp3) is 0.409. The topological polar surface area (TPSA) is 54.0 Å². The molecular formula is C22H26BrN3O3. The first-order chi connectivity index (χ1) is 14.2. The molecule has 154 valence electrons. The van der Waals surface area contributed by atoms with Crippen molar-refractivity contribution in [2.75, 3.05) is 67.7 Å². The number of benzene rings is 2. The lowest BCUT2D eigenvalue weighted by molar-refractivity contribution is -0.115. The highest BCUT2D eigenvalue weighted by atomic mass is 79.9. The van der Waals surface area contributed by atoms with Gasteiger partial charge in [-0.2, -0.15) is 0 Å². The molecule has 2 saturated heterocycles. The maximum absolute atomic E-state index is 12.7. The number of ether oxygens (including phenoxy) is 2. The summed E-state index contributed by atoms with van der Waals surface area (Å²) in [5.74, 6) is -0.0130. The van der Waals surface area contributed by atoms with Gasteiger partial charge in [0.25, 0.3) is 0 Å². The average Bonchev–Trinajstić information content (AvgIpc) is 2.77. The van der Waals surface area contributed by atoms with Crippen molar-refractivity contribution in [3.63, 3.8) is 0 Å². The van der Waals surface area contributed by atoms with Gasteiger partial charge in [0.05, 0.1) is 44.2 Å². The van der Waals surface area contributed by atoms with Gasteiger partial charge in [-0.15, -0.1) is 0 Å². The number of carbonyl (C=O) groups is 1. The lowest BCUT2D eigenvalue weighted by Crippen LogP contribution is -2.38. The molecule has 7 heteroatoms. The third-order valence-electron chi connectivity index (χ3n) is 5.26. The summed E-state index contributed by atoms with van der Waals surface area (Å²) in [7, 11) is 0. The second kappa shape index (κ2) is 9.61. The van der Waals surface area contributed by atoms with Gasteiger partial charge in [-0.05, 0) is 35.9 Å². The number of hydrogen-bond acceptors (Lipinski definition) is 5. The zero-order chi connectivity index (χ0) is 20.1. The molecule has 2 aromatic carbocycles. The summed E-state index contributed by atoms with van der Waals surface area (Å²) in [4.78, 5) is 17.3. The highest BCUT2D eigenvalue weighted by molar-refractivity contribution is 9.10. The average molecular weight is 460 g/mol. The van der Waals surface area contributed by atoms with E-state index in [1.165, 1.54) is 5.69 Å². The third kappa shape index (κ3) is 5.29. The van der Waals surface area contributed by atoms with Crippen LogP contribution in [0.3, 0.4) is 0 Å². The maximum Gasteiger partial charge on any atom is 0.228 e. The van der Waals surface area contributed by atoms with E-state index in [4.69, 9.17) is 9.47 Å². The Morgan fingerprint density at radius 3 is 2.17 bits per heavy atom. The molecule has 2 aliphatic heterocycles. The molecule has 2 aliphatic rings. The van der Waals surface area contributed by atoms with Crippen LogP contribution in [0, 0.1) is 0 Å². The Bertz CT molecular complexity index is 832. The molecule has 2 fully saturated rings. The van der Waals surface area contributed by atoms with E-state index >= 15 is 0 Å². The van der Waals surface area contributed by atoms with E-state index in [0.29, 0.717) is 19.6 Å². The largest absolute Gasteiger partial charge is 0.378 e. The molecule has 0 unspecified atom stereocenters. The van der Waals surface area contributed by atoms with E-state index in [0.717, 1.165) is 60.8 Å². The minimum absolute atomic E-state index is 0.0130. The minimum atomic E-state index is -0.0130. The molecule has 2 aromatic rings. The van der Waals surface area contributed by atoms with E-state index in [9.17, 15) is 4.79 Å². The molecule has 0 radical (unpaired) electrons. The first kappa shape index (κ1) is 20.2. The van der Waals surface area contributed by atoms with Crippen LogP contribution >= 0.6 is 15.9 Å². The molecule has 0 aliphatic carbocycles. The van der Waals surface area contributed by atoms with Gasteiger partial charge in [-0.1, -0.05) is 28.1 Å². The van der Waals surface area contributed by atoms with Gasteiger partial charge >= 0.3 is 0 Å². The summed E-state index contributed by atoms with van der Waals surface area (Å²) in [5, 5.41) is 3.12.